The topological polar surface area (TPSA) is 0 Å². The Morgan fingerprint density at radius 1 is 1.20 bits per heavy atom. The lowest BCUT2D eigenvalue weighted by molar-refractivity contribution is 0.767. The van der Waals surface area contributed by atoms with E-state index in [1.54, 1.807) is 0 Å². The number of hydrogen-bond donors (Lipinski definition) is 0. The van der Waals surface area contributed by atoms with E-state index < -0.39 is 0 Å². The predicted octanol–water partition coefficient (Wildman–Crippen LogP) is 0.838. The van der Waals surface area contributed by atoms with Crippen LogP contribution >= 0.6 is 0 Å². The van der Waals surface area contributed by atoms with Crippen molar-refractivity contribution in [2.75, 3.05) is 0 Å². The molecule has 0 aromatic heterocycles. The number of rotatable bonds is 0. The van der Waals surface area contributed by atoms with Crippen LogP contribution in [0.5, 0.6) is 0 Å². The van der Waals surface area contributed by atoms with Gasteiger partial charge in [-0.1, -0.05) is 26.1 Å². The van der Waals surface area contributed by atoms with E-state index in [4.69, 9.17) is 0 Å². The van der Waals surface area contributed by atoms with Crippen LogP contribution in [0.4, 0.5) is 0 Å². The van der Waals surface area contributed by atoms with Crippen LogP contribution in [0.3, 0.4) is 0 Å². The first kappa shape index (κ1) is 5.06. The van der Waals surface area contributed by atoms with Gasteiger partial charge >= 0.3 is 0 Å². The van der Waals surface area contributed by atoms with Crippen LogP contribution in [0, 0.1) is 0 Å². The van der Waals surface area contributed by atoms with Gasteiger partial charge in [0.25, 0.3) is 0 Å². The summed E-state index contributed by atoms with van der Waals surface area (Å²) in [6, 6.07) is 0. The van der Waals surface area contributed by atoms with Crippen molar-refractivity contribution in [1.82, 2.24) is 0 Å². The second kappa shape index (κ2) is 1.04. The third kappa shape index (κ3) is 4110. The lowest BCUT2D eigenvalue weighted by Gasteiger charge is -2.05. The van der Waals surface area contributed by atoms with Gasteiger partial charge in [-0.25, -0.2) is 0 Å². The molecule has 0 nitrogen and oxygen atoms in total. The van der Waals surface area contributed by atoms with E-state index >= 15 is 0 Å². The molecule has 0 radical (unpaired) electrons. The largest absolute Gasteiger partial charge is 0.108 e. The first-order valence-electron chi connectivity index (χ1n) is 2.00. The minimum Gasteiger partial charge on any atom is -0.0675 e. The summed E-state index contributed by atoms with van der Waals surface area (Å²) in [5.74, 6) is 0. The van der Waals surface area contributed by atoms with Gasteiger partial charge in [0.15, 0.2) is 0 Å². The monoisotopic (exact) mass is 70.1 g/mol. The molecule has 0 rings (SSSR count). The molecule has 0 saturated heterocycles. The maximum atomic E-state index is 2.19. The Kier molecular flexibility index (Phi) is 1.05. The minimum atomic E-state index is 0.500. The maximum Gasteiger partial charge on any atom is 0.108 e. The number of hydrogen-bond acceptors (Lipinski definition) is 0. The standard InChI is InChI=1S/C4H11B/c1-4(2,3)5/h5H2,1-3H3. The molecule has 0 atom stereocenters. The molecule has 0 amide bonds. The van der Waals surface area contributed by atoms with Crippen LogP contribution in [-0.2, 0) is 0 Å². The summed E-state index contributed by atoms with van der Waals surface area (Å²) in [6.07, 6.45) is 0. The molecule has 0 heterocycles. The van der Waals surface area contributed by atoms with Crippen molar-refractivity contribution >= 4 is 7.85 Å². The molecular formula is C4H11B. The average Bonchev–Trinajstić information content (AvgIpc) is 0.722. The van der Waals surface area contributed by atoms with E-state index in [1.165, 1.54) is 0 Å². The normalized spacial score (nSPS) is 11.8. The quantitative estimate of drug-likeness (QED) is 0.370. The molecule has 1 heteroatoms. The molecule has 0 saturated carbocycles. The molecule has 0 aliphatic carbocycles. The van der Waals surface area contributed by atoms with Crippen molar-refractivity contribution in [1.29, 1.82) is 0 Å². The molecule has 0 aromatic carbocycles. The molecule has 0 aliphatic rings. The highest BCUT2D eigenvalue weighted by atomic mass is 13.9. The third-order valence-electron chi connectivity index (χ3n) is 0. The first-order valence-corrected chi connectivity index (χ1v) is 2.00. The lowest BCUT2D eigenvalue weighted by atomic mass is 9.75. The van der Waals surface area contributed by atoms with Crippen molar-refractivity contribution in [3.63, 3.8) is 0 Å². The van der Waals surface area contributed by atoms with E-state index in [0.717, 1.165) is 0 Å². The Balaban J connectivity index is 3.02. The highest BCUT2D eigenvalue weighted by Gasteiger charge is 1.96. The molecule has 30 valence electrons. The van der Waals surface area contributed by atoms with Crippen LogP contribution in [-0.4, -0.2) is 7.85 Å². The second-order valence-corrected chi connectivity index (χ2v) is 3.00. The Morgan fingerprint density at radius 2 is 1.20 bits per heavy atom. The van der Waals surface area contributed by atoms with E-state index in [2.05, 4.69) is 28.6 Å². The summed E-state index contributed by atoms with van der Waals surface area (Å²) in [4.78, 5) is 0. The van der Waals surface area contributed by atoms with Gasteiger partial charge in [-0.2, -0.15) is 0 Å². The van der Waals surface area contributed by atoms with Gasteiger partial charge < -0.3 is 0 Å². The highest BCUT2D eigenvalue weighted by Crippen LogP contribution is 2.13. The molecule has 5 heavy (non-hydrogen) atoms. The molecular weight excluding hydrogens is 58.9 g/mol. The fourth-order valence-electron chi connectivity index (χ4n) is 0. The summed E-state index contributed by atoms with van der Waals surface area (Å²) in [6.45, 7) is 6.56. The minimum absolute atomic E-state index is 0.500. The zero-order valence-corrected chi connectivity index (χ0v) is 4.50. The molecule has 0 unspecified atom stereocenters. The Bertz CT molecular complexity index is 19.1. The Labute approximate surface area is 35.0 Å². The van der Waals surface area contributed by atoms with Gasteiger partial charge in [-0.05, 0) is 0 Å². The highest BCUT2D eigenvalue weighted by molar-refractivity contribution is 6.14. The van der Waals surface area contributed by atoms with Crippen molar-refractivity contribution < 1.29 is 0 Å². The van der Waals surface area contributed by atoms with Crippen LogP contribution in [0.2, 0.25) is 5.31 Å². The van der Waals surface area contributed by atoms with Crippen LogP contribution in [0.15, 0.2) is 0 Å². The molecule has 0 aliphatic heterocycles. The van der Waals surface area contributed by atoms with Crippen molar-refractivity contribution in [3.05, 3.63) is 0 Å². The summed E-state index contributed by atoms with van der Waals surface area (Å²) >= 11 is 0. The zero-order chi connectivity index (χ0) is 4.50. The fraction of sp³-hybridized carbons (Fsp3) is 1.00. The van der Waals surface area contributed by atoms with E-state index in [0.29, 0.717) is 5.31 Å². The van der Waals surface area contributed by atoms with Crippen LogP contribution in [0.1, 0.15) is 20.8 Å². The van der Waals surface area contributed by atoms with Crippen LogP contribution in [0.25, 0.3) is 0 Å². The summed E-state index contributed by atoms with van der Waals surface area (Å²) in [5, 5.41) is 0.500. The fourth-order valence-corrected chi connectivity index (χ4v) is 0. The maximum absolute atomic E-state index is 2.19. The van der Waals surface area contributed by atoms with Gasteiger partial charge in [0.05, 0.1) is 0 Å². The van der Waals surface area contributed by atoms with Gasteiger partial charge in [-0.15, -0.1) is 0 Å². The SMILES string of the molecule is BC(C)(C)C. The van der Waals surface area contributed by atoms with Crippen molar-refractivity contribution in [3.8, 4) is 0 Å². The summed E-state index contributed by atoms with van der Waals surface area (Å²) in [7, 11) is 2.19. The molecule has 0 N–H and O–H groups in total. The summed E-state index contributed by atoms with van der Waals surface area (Å²) in [5.41, 5.74) is 0. The van der Waals surface area contributed by atoms with Crippen LogP contribution < -0.4 is 0 Å². The molecule has 0 spiro atoms. The molecule has 0 aromatic rings. The first-order chi connectivity index (χ1) is 2.00. The van der Waals surface area contributed by atoms with Gasteiger partial charge in [0, 0.05) is 0 Å². The molecule has 0 fully saturated rings. The lowest BCUT2D eigenvalue weighted by Crippen LogP contribution is -1.90. The van der Waals surface area contributed by atoms with E-state index in [-0.39, 0.29) is 0 Å². The van der Waals surface area contributed by atoms with Crippen molar-refractivity contribution in [2.45, 2.75) is 26.1 Å². The van der Waals surface area contributed by atoms with Crippen molar-refractivity contribution in [2.24, 2.45) is 0 Å². The predicted molar refractivity (Wildman–Crippen MR) is 28.3 cm³/mol. The second-order valence-electron chi connectivity index (χ2n) is 3.00. The third-order valence-corrected chi connectivity index (χ3v) is 0. The van der Waals surface area contributed by atoms with Gasteiger partial charge in [-0.3, -0.25) is 0 Å². The van der Waals surface area contributed by atoms with Gasteiger partial charge in [0.1, 0.15) is 7.85 Å². The smallest absolute Gasteiger partial charge is 0.0675 e. The Morgan fingerprint density at radius 3 is 1.20 bits per heavy atom. The van der Waals surface area contributed by atoms with E-state index in [9.17, 15) is 0 Å². The summed E-state index contributed by atoms with van der Waals surface area (Å²) < 4.78 is 0. The Hall–Kier alpha value is 0.0649. The average molecular weight is 69.9 g/mol. The van der Waals surface area contributed by atoms with Gasteiger partial charge in [0.2, 0.25) is 0 Å². The molecule has 0 bridgehead atoms. The zero-order valence-electron chi connectivity index (χ0n) is 4.50. The van der Waals surface area contributed by atoms with E-state index in [1.807, 2.05) is 0 Å².